The second kappa shape index (κ2) is 75.1. The molecule has 0 radical (unpaired) electrons. The van der Waals surface area contributed by atoms with Crippen molar-refractivity contribution < 1.29 is 80.2 Å². The highest BCUT2D eigenvalue weighted by Crippen LogP contribution is 2.45. The van der Waals surface area contributed by atoms with E-state index in [1.807, 2.05) is 0 Å². The van der Waals surface area contributed by atoms with E-state index in [2.05, 4.69) is 48.5 Å². The van der Waals surface area contributed by atoms with Crippen LogP contribution in [0, 0.1) is 17.8 Å². The first-order chi connectivity index (χ1) is 50.2. The first-order valence-corrected chi connectivity index (χ1v) is 46.8. The lowest BCUT2D eigenvalue weighted by atomic mass is 10.0. The van der Waals surface area contributed by atoms with Gasteiger partial charge in [0.15, 0.2) is 12.2 Å². The van der Waals surface area contributed by atoms with Crippen molar-refractivity contribution in [3.63, 3.8) is 0 Å². The van der Waals surface area contributed by atoms with Crippen LogP contribution in [-0.4, -0.2) is 96.7 Å². The van der Waals surface area contributed by atoms with Gasteiger partial charge in [-0.05, 0) is 43.4 Å². The Morgan fingerprint density at radius 2 is 0.442 bits per heavy atom. The molecule has 19 heteroatoms. The molecule has 0 saturated heterocycles. The first kappa shape index (κ1) is 102. The Morgan fingerprint density at radius 3 is 0.654 bits per heavy atom. The van der Waals surface area contributed by atoms with Gasteiger partial charge in [0.2, 0.25) is 0 Å². The number of aliphatic hydroxyl groups excluding tert-OH is 1. The van der Waals surface area contributed by atoms with Crippen LogP contribution in [0.5, 0.6) is 0 Å². The fourth-order valence-electron chi connectivity index (χ4n) is 13.2. The Kier molecular flexibility index (Phi) is 73.7. The number of aliphatic hydroxyl groups is 1. The van der Waals surface area contributed by atoms with Gasteiger partial charge >= 0.3 is 39.5 Å². The second-order valence-corrected chi connectivity index (χ2v) is 34.9. The third-order valence-electron chi connectivity index (χ3n) is 19.9. The van der Waals surface area contributed by atoms with Crippen molar-refractivity contribution in [1.29, 1.82) is 0 Å². The van der Waals surface area contributed by atoms with Crippen LogP contribution in [0.4, 0.5) is 0 Å². The molecule has 0 fully saturated rings. The minimum atomic E-state index is -4.97. The molecule has 5 atom stereocenters. The molecule has 0 aromatic heterocycles. The maximum absolute atomic E-state index is 13.1. The number of carbonyl (C=O) groups excluding carboxylic acids is 4. The minimum absolute atomic E-state index is 0.105. The molecule has 0 aromatic carbocycles. The van der Waals surface area contributed by atoms with Crippen LogP contribution in [0.25, 0.3) is 0 Å². The van der Waals surface area contributed by atoms with E-state index in [9.17, 15) is 43.2 Å². The van der Waals surface area contributed by atoms with Crippen molar-refractivity contribution in [2.75, 3.05) is 39.6 Å². The fraction of sp³-hybridized carbons (Fsp3) is 0.953. The van der Waals surface area contributed by atoms with Gasteiger partial charge < -0.3 is 33.8 Å². The zero-order chi connectivity index (χ0) is 76.5. The normalized spacial score (nSPS) is 13.9. The molecular weight excluding hydrogens is 1350 g/mol. The summed E-state index contributed by atoms with van der Waals surface area (Å²) >= 11 is 0. The average Bonchev–Trinajstić information content (AvgIpc) is 0.901. The SMILES string of the molecule is CCCCCCCCCCCCCCCCCCCCCCCCC(=O)O[C@H](COC(=O)CCCCCCCCCCCCCCCCCCC(C)C)COP(=O)(O)OC[C@@H](O)COP(=O)(O)OC[C@@H](COC(=O)CCCCCCCCCCC(C)C)OC(=O)CCCCCCCCCCCC(C)C. The van der Waals surface area contributed by atoms with Crippen molar-refractivity contribution in [1.82, 2.24) is 0 Å². The summed E-state index contributed by atoms with van der Waals surface area (Å²) in [6.07, 6.45) is 65.5. The molecule has 17 nitrogen and oxygen atoms in total. The van der Waals surface area contributed by atoms with Gasteiger partial charge in [-0.2, -0.15) is 0 Å². The number of phosphoric acid groups is 2. The van der Waals surface area contributed by atoms with E-state index in [0.717, 1.165) is 108 Å². The highest BCUT2D eigenvalue weighted by Gasteiger charge is 2.30. The molecule has 0 aliphatic carbocycles. The topological polar surface area (TPSA) is 237 Å². The molecule has 0 aromatic rings. The van der Waals surface area contributed by atoms with E-state index < -0.39 is 97.5 Å². The Labute approximate surface area is 638 Å². The van der Waals surface area contributed by atoms with Gasteiger partial charge in [0.05, 0.1) is 26.4 Å². The summed E-state index contributed by atoms with van der Waals surface area (Å²) in [4.78, 5) is 73.1. The minimum Gasteiger partial charge on any atom is -0.462 e. The summed E-state index contributed by atoms with van der Waals surface area (Å²) in [6.45, 7) is 11.9. The molecular formula is C85H166O17P2. The lowest BCUT2D eigenvalue weighted by molar-refractivity contribution is -0.161. The maximum Gasteiger partial charge on any atom is 0.472 e. The third-order valence-corrected chi connectivity index (χ3v) is 21.8. The van der Waals surface area contributed by atoms with E-state index in [4.69, 9.17) is 37.0 Å². The largest absolute Gasteiger partial charge is 0.472 e. The van der Waals surface area contributed by atoms with Crippen LogP contribution in [0.3, 0.4) is 0 Å². The van der Waals surface area contributed by atoms with Gasteiger partial charge in [0.25, 0.3) is 0 Å². The zero-order valence-corrected chi connectivity index (χ0v) is 70.3. The van der Waals surface area contributed by atoms with Crippen LogP contribution in [0.15, 0.2) is 0 Å². The van der Waals surface area contributed by atoms with Crippen molar-refractivity contribution in [3.8, 4) is 0 Å². The molecule has 2 unspecified atom stereocenters. The number of hydrogen-bond acceptors (Lipinski definition) is 15. The van der Waals surface area contributed by atoms with Gasteiger partial charge in [-0.1, -0.05) is 395 Å². The smallest absolute Gasteiger partial charge is 0.462 e. The first-order valence-electron chi connectivity index (χ1n) is 43.8. The van der Waals surface area contributed by atoms with E-state index >= 15 is 0 Å². The van der Waals surface area contributed by atoms with Gasteiger partial charge in [-0.3, -0.25) is 37.3 Å². The summed E-state index contributed by atoms with van der Waals surface area (Å²) in [6, 6.07) is 0. The fourth-order valence-corrected chi connectivity index (χ4v) is 14.8. The van der Waals surface area contributed by atoms with Gasteiger partial charge in [0.1, 0.15) is 19.3 Å². The van der Waals surface area contributed by atoms with Gasteiger partial charge in [0, 0.05) is 25.7 Å². The molecule has 0 aliphatic heterocycles. The summed E-state index contributed by atoms with van der Waals surface area (Å²) in [5, 5.41) is 10.7. The van der Waals surface area contributed by atoms with Crippen molar-refractivity contribution in [2.24, 2.45) is 17.8 Å². The zero-order valence-electron chi connectivity index (χ0n) is 68.5. The Morgan fingerprint density at radius 1 is 0.260 bits per heavy atom. The van der Waals surface area contributed by atoms with Crippen molar-refractivity contribution in [3.05, 3.63) is 0 Å². The maximum atomic E-state index is 13.1. The standard InChI is InChI=1S/C85H166O17P2/c1-8-9-10-11-12-13-14-15-16-17-18-19-20-21-22-27-30-33-38-47-54-61-68-84(89)101-80(72-95-82(87)66-59-52-45-37-32-29-26-24-23-25-28-31-35-42-49-56-63-76(2)3)74-99-103(91,92)97-70-79(86)71-98-104(93,94)100-75-81(73-96-83(88)67-60-53-46-41-40-44-51-58-65-78(6)7)102-85(90)69-62-55-48-39-34-36-43-50-57-64-77(4)5/h76-81,86H,8-75H2,1-7H3,(H,91,92)(H,93,94)/t79-,80-,81-/m1/s1. The van der Waals surface area contributed by atoms with Crippen molar-refractivity contribution >= 4 is 39.5 Å². The Hall–Kier alpha value is -1.94. The van der Waals surface area contributed by atoms with Crippen LogP contribution < -0.4 is 0 Å². The number of hydrogen-bond donors (Lipinski definition) is 3. The second-order valence-electron chi connectivity index (χ2n) is 32.0. The third kappa shape index (κ3) is 78.2. The van der Waals surface area contributed by atoms with Gasteiger partial charge in [-0.15, -0.1) is 0 Å². The summed E-state index contributed by atoms with van der Waals surface area (Å²) in [5.74, 6) is 0.166. The van der Waals surface area contributed by atoms with Crippen LogP contribution in [-0.2, 0) is 65.4 Å². The number of ether oxygens (including phenoxy) is 4. The monoisotopic (exact) mass is 1520 g/mol. The predicted molar refractivity (Wildman–Crippen MR) is 428 cm³/mol. The highest BCUT2D eigenvalue weighted by atomic mass is 31.2. The molecule has 0 saturated carbocycles. The molecule has 618 valence electrons. The lowest BCUT2D eigenvalue weighted by Crippen LogP contribution is -2.30. The van der Waals surface area contributed by atoms with E-state index in [1.165, 1.54) is 257 Å². The number of carbonyl (C=O) groups is 4. The van der Waals surface area contributed by atoms with E-state index in [1.54, 1.807) is 0 Å². The average molecular weight is 1520 g/mol. The Balaban J connectivity index is 5.21. The Bertz CT molecular complexity index is 2010. The highest BCUT2D eigenvalue weighted by molar-refractivity contribution is 7.47. The van der Waals surface area contributed by atoms with Crippen molar-refractivity contribution in [2.45, 2.75) is 465 Å². The predicted octanol–water partition coefficient (Wildman–Crippen LogP) is 25.7. The molecule has 0 rings (SSSR count). The van der Waals surface area contributed by atoms with Crippen LogP contribution >= 0.6 is 15.6 Å². The summed E-state index contributed by atoms with van der Waals surface area (Å²) in [7, 11) is -9.93. The van der Waals surface area contributed by atoms with Crippen LogP contribution in [0.2, 0.25) is 0 Å². The quantitative estimate of drug-likeness (QED) is 0.0222. The molecule has 3 N–H and O–H groups in total. The number of unbranched alkanes of at least 4 members (excludes halogenated alkanes) is 51. The lowest BCUT2D eigenvalue weighted by Gasteiger charge is -2.21. The molecule has 0 amide bonds. The summed E-state index contributed by atoms with van der Waals surface area (Å²) in [5.41, 5.74) is 0. The van der Waals surface area contributed by atoms with Gasteiger partial charge in [-0.25, -0.2) is 9.13 Å². The molecule has 104 heavy (non-hydrogen) atoms. The number of esters is 4. The number of phosphoric ester groups is 2. The number of rotatable bonds is 83. The van der Waals surface area contributed by atoms with Crippen LogP contribution in [0.1, 0.15) is 447 Å². The molecule has 0 bridgehead atoms. The molecule has 0 heterocycles. The molecule has 0 aliphatic rings. The summed E-state index contributed by atoms with van der Waals surface area (Å²) < 4.78 is 68.8. The van der Waals surface area contributed by atoms with E-state index in [-0.39, 0.29) is 25.7 Å². The van der Waals surface area contributed by atoms with E-state index in [0.29, 0.717) is 25.7 Å². The molecule has 0 spiro atoms.